The molecule has 28 heavy (non-hydrogen) atoms. The summed E-state index contributed by atoms with van der Waals surface area (Å²) in [6.07, 6.45) is 1.32. The average molecular weight is 407 g/mol. The van der Waals surface area contributed by atoms with Crippen LogP contribution in [0, 0.1) is 5.92 Å². The third kappa shape index (κ3) is 4.19. The fourth-order valence-electron chi connectivity index (χ4n) is 3.29. The lowest BCUT2D eigenvalue weighted by Crippen LogP contribution is -2.36. The lowest BCUT2D eigenvalue weighted by atomic mass is 10.0. The van der Waals surface area contributed by atoms with Gasteiger partial charge in [-0.1, -0.05) is 6.92 Å². The number of nitrogens with zero attached hydrogens (tertiary/aromatic N) is 2. The summed E-state index contributed by atoms with van der Waals surface area (Å²) in [5.41, 5.74) is 0.812. The van der Waals surface area contributed by atoms with Gasteiger partial charge in [0.25, 0.3) is 5.56 Å². The first-order valence-corrected chi connectivity index (χ1v) is 10.4. The van der Waals surface area contributed by atoms with E-state index in [9.17, 15) is 14.4 Å². The van der Waals surface area contributed by atoms with E-state index in [1.807, 2.05) is 6.92 Å². The van der Waals surface area contributed by atoms with Crippen LogP contribution in [-0.4, -0.2) is 46.7 Å². The Kier molecular flexibility index (Phi) is 6.33. The predicted molar refractivity (Wildman–Crippen MR) is 105 cm³/mol. The first kappa shape index (κ1) is 20.3. The van der Waals surface area contributed by atoms with Gasteiger partial charge in [0.15, 0.2) is 0 Å². The molecule has 0 fully saturated rings. The SMILES string of the molecule is CCOC(=O)C(C)CCc1nc2sc3c(c2c(=O)[nH]1)CCN(C(=O)OCC)C3. The number of ether oxygens (including phenoxy) is 2. The van der Waals surface area contributed by atoms with Gasteiger partial charge in [-0.2, -0.15) is 0 Å². The van der Waals surface area contributed by atoms with Crippen LogP contribution in [0.2, 0.25) is 0 Å². The topological polar surface area (TPSA) is 102 Å². The van der Waals surface area contributed by atoms with Crippen molar-refractivity contribution in [1.29, 1.82) is 0 Å². The molecule has 0 aliphatic carbocycles. The zero-order valence-electron chi connectivity index (χ0n) is 16.4. The molecule has 1 amide bonds. The number of aryl methyl sites for hydroxylation is 1. The summed E-state index contributed by atoms with van der Waals surface area (Å²) in [5, 5.41) is 0.616. The molecule has 0 bridgehead atoms. The Hall–Kier alpha value is -2.42. The second kappa shape index (κ2) is 8.72. The van der Waals surface area contributed by atoms with Crippen LogP contribution >= 0.6 is 11.3 Å². The molecule has 0 saturated heterocycles. The average Bonchev–Trinajstić information content (AvgIpc) is 3.04. The Morgan fingerprint density at radius 2 is 2.04 bits per heavy atom. The highest BCUT2D eigenvalue weighted by Crippen LogP contribution is 2.32. The molecule has 2 aromatic rings. The molecule has 8 nitrogen and oxygen atoms in total. The Balaban J connectivity index is 1.78. The number of rotatable bonds is 6. The zero-order valence-corrected chi connectivity index (χ0v) is 17.2. The largest absolute Gasteiger partial charge is 0.466 e. The van der Waals surface area contributed by atoms with Gasteiger partial charge >= 0.3 is 12.1 Å². The Morgan fingerprint density at radius 1 is 1.29 bits per heavy atom. The minimum absolute atomic E-state index is 0.161. The summed E-state index contributed by atoms with van der Waals surface area (Å²) in [6.45, 7) is 7.01. The Morgan fingerprint density at radius 3 is 2.75 bits per heavy atom. The van der Waals surface area contributed by atoms with Gasteiger partial charge in [-0.05, 0) is 32.3 Å². The highest BCUT2D eigenvalue weighted by molar-refractivity contribution is 7.18. The molecule has 3 rings (SSSR count). The standard InChI is InChI=1S/C19H25N3O5S/c1-4-26-18(24)11(3)6-7-14-20-16(23)15-12-8-9-22(19(25)27-5-2)10-13(12)28-17(15)21-14/h11H,4-10H2,1-3H3,(H,20,21,23). The molecule has 0 radical (unpaired) electrons. The molecule has 0 spiro atoms. The van der Waals surface area contributed by atoms with E-state index in [2.05, 4.69) is 9.97 Å². The maximum atomic E-state index is 12.6. The number of aromatic amines is 1. The Labute approximate surface area is 166 Å². The number of nitrogens with one attached hydrogen (secondary N) is 1. The highest BCUT2D eigenvalue weighted by Gasteiger charge is 2.27. The third-order valence-electron chi connectivity index (χ3n) is 4.79. The van der Waals surface area contributed by atoms with E-state index in [4.69, 9.17) is 9.47 Å². The van der Waals surface area contributed by atoms with Crippen molar-refractivity contribution in [3.05, 3.63) is 26.6 Å². The van der Waals surface area contributed by atoms with E-state index in [0.717, 1.165) is 10.4 Å². The second-order valence-corrected chi connectivity index (χ2v) is 7.84. The van der Waals surface area contributed by atoms with Crippen molar-refractivity contribution < 1.29 is 19.1 Å². The van der Waals surface area contributed by atoms with Crippen LogP contribution in [-0.2, 0) is 33.7 Å². The summed E-state index contributed by atoms with van der Waals surface area (Å²) in [6, 6.07) is 0. The third-order valence-corrected chi connectivity index (χ3v) is 5.90. The molecule has 0 saturated carbocycles. The van der Waals surface area contributed by atoms with Gasteiger partial charge in [0, 0.05) is 17.8 Å². The van der Waals surface area contributed by atoms with E-state index < -0.39 is 0 Å². The molecule has 1 N–H and O–H groups in total. The quantitative estimate of drug-likeness (QED) is 0.739. The monoisotopic (exact) mass is 407 g/mol. The summed E-state index contributed by atoms with van der Waals surface area (Å²) in [7, 11) is 0. The Bertz CT molecular complexity index is 936. The number of hydrogen-bond donors (Lipinski definition) is 1. The van der Waals surface area contributed by atoms with Crippen LogP contribution in [0.1, 0.15) is 43.5 Å². The van der Waals surface area contributed by atoms with E-state index in [1.165, 1.54) is 11.3 Å². The van der Waals surface area contributed by atoms with Crippen LogP contribution in [0.25, 0.3) is 10.2 Å². The highest BCUT2D eigenvalue weighted by atomic mass is 32.1. The number of fused-ring (bicyclic) bond motifs is 3. The van der Waals surface area contributed by atoms with Crippen LogP contribution < -0.4 is 5.56 Å². The molecule has 0 aromatic carbocycles. The molecule has 3 heterocycles. The zero-order chi connectivity index (χ0) is 20.3. The smallest absolute Gasteiger partial charge is 0.410 e. The molecule has 1 atom stereocenters. The van der Waals surface area contributed by atoms with Crippen molar-refractivity contribution in [1.82, 2.24) is 14.9 Å². The van der Waals surface area contributed by atoms with Gasteiger partial charge < -0.3 is 19.4 Å². The van der Waals surface area contributed by atoms with Crippen molar-refractivity contribution in [2.24, 2.45) is 5.92 Å². The molecular weight excluding hydrogens is 382 g/mol. The number of esters is 1. The number of carbonyl (C=O) groups excluding carboxylic acids is 2. The van der Waals surface area contributed by atoms with Crippen molar-refractivity contribution in [2.75, 3.05) is 19.8 Å². The van der Waals surface area contributed by atoms with Crippen LogP contribution in [0.3, 0.4) is 0 Å². The molecule has 9 heteroatoms. The summed E-state index contributed by atoms with van der Waals surface area (Å²) >= 11 is 1.44. The van der Waals surface area contributed by atoms with E-state index >= 15 is 0 Å². The minimum atomic E-state index is -0.332. The summed E-state index contributed by atoms with van der Waals surface area (Å²) < 4.78 is 10.1. The predicted octanol–water partition coefficient (Wildman–Crippen LogP) is 2.63. The maximum absolute atomic E-state index is 12.6. The number of amides is 1. The molecule has 2 aromatic heterocycles. The van der Waals surface area contributed by atoms with Gasteiger partial charge in [-0.15, -0.1) is 11.3 Å². The van der Waals surface area contributed by atoms with E-state index in [0.29, 0.717) is 61.6 Å². The summed E-state index contributed by atoms with van der Waals surface area (Å²) in [4.78, 5) is 47.1. The minimum Gasteiger partial charge on any atom is -0.466 e. The van der Waals surface area contributed by atoms with Crippen molar-refractivity contribution >= 4 is 33.6 Å². The number of hydrogen-bond acceptors (Lipinski definition) is 7. The molecule has 1 aliphatic heterocycles. The molecular formula is C19H25N3O5S. The number of H-pyrrole nitrogens is 1. The van der Waals surface area contributed by atoms with Crippen LogP contribution in [0.4, 0.5) is 4.79 Å². The fourth-order valence-corrected chi connectivity index (χ4v) is 4.55. The van der Waals surface area contributed by atoms with Gasteiger partial charge in [0.2, 0.25) is 0 Å². The van der Waals surface area contributed by atoms with Gasteiger partial charge in [-0.25, -0.2) is 9.78 Å². The van der Waals surface area contributed by atoms with Crippen molar-refractivity contribution in [3.63, 3.8) is 0 Å². The van der Waals surface area contributed by atoms with Crippen LogP contribution in [0.5, 0.6) is 0 Å². The lowest BCUT2D eigenvalue weighted by molar-refractivity contribution is -0.147. The van der Waals surface area contributed by atoms with Gasteiger partial charge in [0.1, 0.15) is 10.7 Å². The van der Waals surface area contributed by atoms with Gasteiger partial charge in [0.05, 0.1) is 31.1 Å². The first-order valence-electron chi connectivity index (χ1n) is 9.56. The number of carbonyl (C=O) groups is 2. The van der Waals surface area contributed by atoms with E-state index in [-0.39, 0.29) is 23.5 Å². The van der Waals surface area contributed by atoms with Gasteiger partial charge in [-0.3, -0.25) is 9.59 Å². The molecule has 1 aliphatic rings. The first-order chi connectivity index (χ1) is 13.4. The molecule has 1 unspecified atom stereocenters. The number of aromatic nitrogens is 2. The normalized spacial score (nSPS) is 14.6. The van der Waals surface area contributed by atoms with Crippen molar-refractivity contribution in [2.45, 2.75) is 46.6 Å². The number of thiophene rings is 1. The fraction of sp³-hybridized carbons (Fsp3) is 0.579. The van der Waals surface area contributed by atoms with Crippen molar-refractivity contribution in [3.8, 4) is 0 Å². The molecule has 152 valence electrons. The maximum Gasteiger partial charge on any atom is 0.410 e. The van der Waals surface area contributed by atoms with E-state index in [1.54, 1.807) is 18.7 Å². The lowest BCUT2D eigenvalue weighted by Gasteiger charge is -2.25. The van der Waals surface area contributed by atoms with Crippen LogP contribution in [0.15, 0.2) is 4.79 Å². The second-order valence-electron chi connectivity index (χ2n) is 6.76. The summed E-state index contributed by atoms with van der Waals surface area (Å²) in [5.74, 6) is 0.0710.